The van der Waals surface area contributed by atoms with Gasteiger partial charge in [-0.15, -0.1) is 0 Å². The zero-order valence-corrected chi connectivity index (χ0v) is 11.2. The topological polar surface area (TPSA) is 80.5 Å². The van der Waals surface area contributed by atoms with Crippen molar-refractivity contribution in [2.24, 2.45) is 5.73 Å². The zero-order valence-electron chi connectivity index (χ0n) is 10.4. The Kier molecular flexibility index (Phi) is 2.85. The Balaban J connectivity index is 2.55. The average Bonchev–Trinajstić information content (AvgIpc) is 2.48. The Hall–Kier alpha value is -1.56. The van der Waals surface area contributed by atoms with E-state index in [2.05, 4.69) is 0 Å². The molecule has 6 heteroatoms. The number of rotatable bonds is 3. The molecule has 0 aliphatic carbocycles. The van der Waals surface area contributed by atoms with Crippen molar-refractivity contribution in [1.29, 1.82) is 0 Å². The molecular formula is C12H16N2O3S. The second-order valence-electron chi connectivity index (χ2n) is 4.69. The summed E-state index contributed by atoms with van der Waals surface area (Å²) in [4.78, 5) is 10.9. The predicted octanol–water partition coefficient (Wildman–Crippen LogP) is 0.947. The number of amides is 1. The van der Waals surface area contributed by atoms with Crippen LogP contribution in [-0.2, 0) is 19.6 Å². The van der Waals surface area contributed by atoms with Crippen molar-refractivity contribution in [3.8, 4) is 0 Å². The largest absolute Gasteiger partial charge is 0.370 e. The monoisotopic (exact) mass is 268 g/mol. The van der Waals surface area contributed by atoms with Gasteiger partial charge < -0.3 is 5.73 Å². The number of carbonyl (C=O) groups is 1. The molecule has 1 aliphatic rings. The van der Waals surface area contributed by atoms with Gasteiger partial charge in [0, 0.05) is 13.5 Å². The zero-order chi connectivity index (χ0) is 13.6. The summed E-state index contributed by atoms with van der Waals surface area (Å²) in [6.07, 6.45) is 0.254. The molecule has 0 spiro atoms. The Morgan fingerprint density at radius 2 is 2.00 bits per heavy atom. The van der Waals surface area contributed by atoms with Gasteiger partial charge in [0.1, 0.15) is 4.75 Å². The molecule has 1 amide bonds. The maximum Gasteiger partial charge on any atom is 0.244 e. The molecule has 0 radical (unpaired) electrons. The standard InChI is InChI=1S/C12H16N2O3S/c1-12(8-7-11(13)15)9-5-3-4-6-10(9)14(2)18(12,16)17/h3-6H,7-8H2,1-2H3,(H2,13,15). The lowest BCUT2D eigenvalue weighted by atomic mass is 9.93. The van der Waals surface area contributed by atoms with Gasteiger partial charge in [0.15, 0.2) is 0 Å². The van der Waals surface area contributed by atoms with Crippen LogP contribution in [0.3, 0.4) is 0 Å². The first-order valence-corrected chi connectivity index (χ1v) is 7.11. The third kappa shape index (κ3) is 1.59. The van der Waals surface area contributed by atoms with E-state index in [4.69, 9.17) is 5.73 Å². The van der Waals surface area contributed by atoms with Gasteiger partial charge in [-0.3, -0.25) is 9.10 Å². The summed E-state index contributed by atoms with van der Waals surface area (Å²) in [5.41, 5.74) is 6.53. The molecule has 0 saturated heterocycles. The first kappa shape index (κ1) is 12.9. The van der Waals surface area contributed by atoms with Gasteiger partial charge >= 0.3 is 0 Å². The summed E-state index contributed by atoms with van der Waals surface area (Å²) < 4.78 is 25.1. The molecular weight excluding hydrogens is 252 g/mol. The first-order chi connectivity index (χ1) is 8.30. The van der Waals surface area contributed by atoms with E-state index in [9.17, 15) is 13.2 Å². The molecule has 2 N–H and O–H groups in total. The summed E-state index contributed by atoms with van der Waals surface area (Å²) >= 11 is 0. The molecule has 0 saturated carbocycles. The lowest BCUT2D eigenvalue weighted by Gasteiger charge is -2.24. The van der Waals surface area contributed by atoms with Crippen LogP contribution < -0.4 is 10.0 Å². The Morgan fingerprint density at radius 3 is 2.61 bits per heavy atom. The van der Waals surface area contributed by atoms with E-state index in [1.165, 1.54) is 11.4 Å². The van der Waals surface area contributed by atoms with Crippen LogP contribution in [0.15, 0.2) is 24.3 Å². The predicted molar refractivity (Wildman–Crippen MR) is 69.5 cm³/mol. The third-order valence-corrected chi connectivity index (χ3v) is 6.07. The Morgan fingerprint density at radius 1 is 1.39 bits per heavy atom. The molecule has 1 atom stereocenters. The molecule has 2 rings (SSSR count). The maximum absolute atomic E-state index is 12.5. The number of nitrogens with zero attached hydrogens (tertiary/aromatic N) is 1. The van der Waals surface area contributed by atoms with Crippen molar-refractivity contribution in [2.75, 3.05) is 11.4 Å². The van der Waals surface area contributed by atoms with Crippen molar-refractivity contribution in [3.63, 3.8) is 0 Å². The van der Waals surface area contributed by atoms with Gasteiger partial charge in [0.25, 0.3) is 0 Å². The van der Waals surface area contributed by atoms with Gasteiger partial charge in [-0.1, -0.05) is 18.2 Å². The number of hydrogen-bond acceptors (Lipinski definition) is 3. The molecule has 18 heavy (non-hydrogen) atoms. The van der Waals surface area contributed by atoms with E-state index >= 15 is 0 Å². The fraction of sp³-hybridized carbons (Fsp3) is 0.417. The highest BCUT2D eigenvalue weighted by Gasteiger charge is 2.50. The number of sulfonamides is 1. The van der Waals surface area contributed by atoms with Crippen LogP contribution in [0.25, 0.3) is 0 Å². The highest BCUT2D eigenvalue weighted by atomic mass is 32.2. The van der Waals surface area contributed by atoms with Crippen molar-refractivity contribution >= 4 is 21.6 Å². The van der Waals surface area contributed by atoms with E-state index < -0.39 is 20.7 Å². The van der Waals surface area contributed by atoms with Gasteiger partial charge in [-0.25, -0.2) is 8.42 Å². The minimum absolute atomic E-state index is 0.0535. The summed E-state index contributed by atoms with van der Waals surface area (Å²) in [5, 5.41) is 0. The minimum atomic E-state index is -3.49. The van der Waals surface area contributed by atoms with Gasteiger partial charge in [0.2, 0.25) is 15.9 Å². The number of nitrogens with two attached hydrogens (primary N) is 1. The van der Waals surface area contributed by atoms with Crippen molar-refractivity contribution < 1.29 is 13.2 Å². The highest BCUT2D eigenvalue weighted by Crippen LogP contribution is 2.48. The van der Waals surface area contributed by atoms with Gasteiger partial charge in [-0.2, -0.15) is 0 Å². The number of carbonyl (C=O) groups excluding carboxylic acids is 1. The van der Waals surface area contributed by atoms with E-state index in [1.807, 2.05) is 0 Å². The van der Waals surface area contributed by atoms with E-state index in [0.717, 1.165) is 5.56 Å². The van der Waals surface area contributed by atoms with Crippen molar-refractivity contribution in [1.82, 2.24) is 0 Å². The van der Waals surface area contributed by atoms with E-state index in [-0.39, 0.29) is 12.8 Å². The fourth-order valence-corrected chi connectivity index (χ4v) is 4.22. The molecule has 1 aliphatic heterocycles. The molecule has 0 fully saturated rings. The Bertz CT molecular complexity index is 597. The molecule has 1 unspecified atom stereocenters. The lowest BCUT2D eigenvalue weighted by Crippen LogP contribution is -2.36. The van der Waals surface area contributed by atoms with Crippen LogP contribution >= 0.6 is 0 Å². The first-order valence-electron chi connectivity index (χ1n) is 5.67. The normalized spacial score (nSPS) is 24.9. The molecule has 0 aromatic heterocycles. The Labute approximate surface area is 107 Å². The molecule has 1 aromatic rings. The third-order valence-electron chi connectivity index (χ3n) is 3.59. The smallest absolute Gasteiger partial charge is 0.244 e. The minimum Gasteiger partial charge on any atom is -0.370 e. The molecule has 0 bridgehead atoms. The second kappa shape index (κ2) is 3.98. The summed E-state index contributed by atoms with van der Waals surface area (Å²) in [7, 11) is -1.96. The summed E-state index contributed by atoms with van der Waals surface area (Å²) in [6.45, 7) is 1.65. The molecule has 5 nitrogen and oxygen atoms in total. The number of para-hydroxylation sites is 1. The van der Waals surface area contributed by atoms with Crippen LogP contribution in [0.1, 0.15) is 25.3 Å². The summed E-state index contributed by atoms with van der Waals surface area (Å²) in [6, 6.07) is 7.15. The fourth-order valence-electron chi connectivity index (χ4n) is 2.39. The number of benzene rings is 1. The average molecular weight is 268 g/mol. The number of primary amides is 1. The van der Waals surface area contributed by atoms with Crippen molar-refractivity contribution in [3.05, 3.63) is 29.8 Å². The summed E-state index contributed by atoms with van der Waals surface area (Å²) in [5.74, 6) is -0.488. The van der Waals surface area contributed by atoms with Gasteiger partial charge in [-0.05, 0) is 25.0 Å². The number of anilines is 1. The number of hydrogen-bond donors (Lipinski definition) is 1. The molecule has 98 valence electrons. The van der Waals surface area contributed by atoms with E-state index in [1.54, 1.807) is 31.2 Å². The second-order valence-corrected chi connectivity index (χ2v) is 7.09. The van der Waals surface area contributed by atoms with Crippen LogP contribution in [0.5, 0.6) is 0 Å². The molecule has 1 aromatic carbocycles. The van der Waals surface area contributed by atoms with Crippen LogP contribution in [0.4, 0.5) is 5.69 Å². The van der Waals surface area contributed by atoms with Crippen molar-refractivity contribution in [2.45, 2.75) is 24.5 Å². The van der Waals surface area contributed by atoms with E-state index in [0.29, 0.717) is 5.69 Å². The highest BCUT2D eigenvalue weighted by molar-refractivity contribution is 7.94. The maximum atomic E-state index is 12.5. The lowest BCUT2D eigenvalue weighted by molar-refractivity contribution is -0.118. The molecule has 1 heterocycles. The van der Waals surface area contributed by atoms with Crippen LogP contribution in [0, 0.1) is 0 Å². The van der Waals surface area contributed by atoms with Crippen LogP contribution in [-0.4, -0.2) is 21.4 Å². The SMILES string of the molecule is CN1c2ccccc2C(C)(CCC(N)=O)S1(=O)=O. The van der Waals surface area contributed by atoms with Gasteiger partial charge in [0.05, 0.1) is 5.69 Å². The quantitative estimate of drug-likeness (QED) is 0.886. The van der Waals surface area contributed by atoms with Crippen LogP contribution in [0.2, 0.25) is 0 Å². The number of fused-ring (bicyclic) bond motifs is 1.